The summed E-state index contributed by atoms with van der Waals surface area (Å²) < 4.78 is 1.87. The van der Waals surface area contributed by atoms with Crippen LogP contribution in [-0.4, -0.2) is 43.2 Å². The highest BCUT2D eigenvalue weighted by molar-refractivity contribution is 6.35. The molecule has 2 aromatic heterocycles. The lowest BCUT2D eigenvalue weighted by molar-refractivity contribution is -0.136. The van der Waals surface area contributed by atoms with Crippen LogP contribution in [0.3, 0.4) is 0 Å². The molecule has 0 aliphatic carbocycles. The molecule has 134 valence electrons. The Morgan fingerprint density at radius 1 is 1.44 bits per heavy atom. The lowest BCUT2D eigenvalue weighted by atomic mass is 10.1. The van der Waals surface area contributed by atoms with Crippen molar-refractivity contribution in [3.05, 3.63) is 28.2 Å². The Labute approximate surface area is 149 Å². The number of nitrogens with one attached hydrogen (secondary N) is 2. The summed E-state index contributed by atoms with van der Waals surface area (Å²) in [6.07, 6.45) is 0. The zero-order chi connectivity index (χ0) is 18.1. The summed E-state index contributed by atoms with van der Waals surface area (Å²) in [4.78, 5) is 26.1. The standard InChI is InChI=1S/C15H20ClN7O2/c1-8(2)15(25)22-3-4-23-10(7-22)5-9(21-23)6-18-14(24)12-11(16)13(17)20-19-12/h5,8H,3-4,6-7H2,1-2H3,(H,18,24)(H3,17,19,20). The molecule has 3 rings (SSSR count). The van der Waals surface area contributed by atoms with Gasteiger partial charge in [0, 0.05) is 12.5 Å². The lowest BCUT2D eigenvalue weighted by Crippen LogP contribution is -2.40. The maximum Gasteiger partial charge on any atom is 0.271 e. The second-order valence-electron chi connectivity index (χ2n) is 6.25. The molecule has 0 unspecified atom stereocenters. The Morgan fingerprint density at radius 2 is 2.20 bits per heavy atom. The van der Waals surface area contributed by atoms with Gasteiger partial charge in [0.1, 0.15) is 10.7 Å². The molecule has 0 aromatic carbocycles. The van der Waals surface area contributed by atoms with Crippen molar-refractivity contribution in [3.8, 4) is 0 Å². The molecule has 1 aliphatic heterocycles. The summed E-state index contributed by atoms with van der Waals surface area (Å²) in [5.41, 5.74) is 7.30. The minimum Gasteiger partial charge on any atom is -0.381 e. The molecule has 9 nitrogen and oxygen atoms in total. The summed E-state index contributed by atoms with van der Waals surface area (Å²) >= 11 is 5.90. The molecule has 25 heavy (non-hydrogen) atoms. The molecular formula is C15H20ClN7O2. The van der Waals surface area contributed by atoms with Crippen LogP contribution in [0, 0.1) is 5.92 Å². The molecule has 2 amide bonds. The second-order valence-corrected chi connectivity index (χ2v) is 6.62. The topological polar surface area (TPSA) is 122 Å². The van der Waals surface area contributed by atoms with Crippen LogP contribution in [0.2, 0.25) is 5.02 Å². The van der Waals surface area contributed by atoms with E-state index in [0.29, 0.717) is 25.3 Å². The van der Waals surface area contributed by atoms with Crippen molar-refractivity contribution in [3.63, 3.8) is 0 Å². The quantitative estimate of drug-likeness (QED) is 0.738. The van der Waals surface area contributed by atoms with E-state index in [1.807, 2.05) is 29.5 Å². The molecule has 2 aromatic rings. The predicted molar refractivity (Wildman–Crippen MR) is 91.7 cm³/mol. The molecule has 0 atom stereocenters. The number of rotatable bonds is 4. The smallest absolute Gasteiger partial charge is 0.271 e. The number of fused-ring (bicyclic) bond motifs is 1. The van der Waals surface area contributed by atoms with E-state index in [-0.39, 0.29) is 34.9 Å². The molecule has 0 spiro atoms. The summed E-state index contributed by atoms with van der Waals surface area (Å²) in [7, 11) is 0. The van der Waals surface area contributed by atoms with Gasteiger partial charge in [0.25, 0.3) is 5.91 Å². The minimum absolute atomic E-state index is 0.0279. The number of H-pyrrole nitrogens is 1. The molecule has 0 bridgehead atoms. The van der Waals surface area contributed by atoms with Crippen molar-refractivity contribution >= 4 is 29.2 Å². The average Bonchev–Trinajstić information content (AvgIpc) is 3.14. The molecular weight excluding hydrogens is 346 g/mol. The van der Waals surface area contributed by atoms with Crippen LogP contribution in [0.15, 0.2) is 6.07 Å². The van der Waals surface area contributed by atoms with Crippen molar-refractivity contribution < 1.29 is 9.59 Å². The van der Waals surface area contributed by atoms with Gasteiger partial charge in [-0.3, -0.25) is 19.4 Å². The number of halogens is 1. The number of amides is 2. The van der Waals surface area contributed by atoms with Crippen molar-refractivity contribution in [2.45, 2.75) is 33.5 Å². The van der Waals surface area contributed by atoms with Crippen LogP contribution < -0.4 is 11.1 Å². The van der Waals surface area contributed by atoms with Gasteiger partial charge in [0.2, 0.25) is 5.91 Å². The zero-order valence-electron chi connectivity index (χ0n) is 14.0. The van der Waals surface area contributed by atoms with E-state index in [1.165, 1.54) is 0 Å². The summed E-state index contributed by atoms with van der Waals surface area (Å²) in [5.74, 6) is -0.218. The van der Waals surface area contributed by atoms with Crippen molar-refractivity contribution in [1.82, 2.24) is 30.2 Å². The van der Waals surface area contributed by atoms with Crippen LogP contribution in [0.4, 0.5) is 5.82 Å². The number of nitrogens with two attached hydrogens (primary N) is 1. The number of carbonyl (C=O) groups excluding carboxylic acids is 2. The van der Waals surface area contributed by atoms with Gasteiger partial charge in [-0.1, -0.05) is 25.4 Å². The fourth-order valence-electron chi connectivity index (χ4n) is 2.72. The maximum atomic E-state index is 12.1. The van der Waals surface area contributed by atoms with Crippen LogP contribution in [0.5, 0.6) is 0 Å². The molecule has 0 saturated carbocycles. The van der Waals surface area contributed by atoms with Gasteiger partial charge in [-0.25, -0.2) is 0 Å². The van der Waals surface area contributed by atoms with Gasteiger partial charge in [0.15, 0.2) is 5.82 Å². The highest BCUT2D eigenvalue weighted by atomic mass is 35.5. The number of nitrogen functional groups attached to an aromatic ring is 1. The summed E-state index contributed by atoms with van der Waals surface area (Å²) in [6.45, 7) is 5.84. The number of nitrogens with zero attached hydrogens (tertiary/aromatic N) is 4. The van der Waals surface area contributed by atoms with E-state index in [9.17, 15) is 9.59 Å². The van der Waals surface area contributed by atoms with Crippen LogP contribution in [0.1, 0.15) is 35.7 Å². The van der Waals surface area contributed by atoms with E-state index in [1.54, 1.807) is 0 Å². The van der Waals surface area contributed by atoms with E-state index in [4.69, 9.17) is 17.3 Å². The second kappa shape index (κ2) is 6.75. The summed E-state index contributed by atoms with van der Waals surface area (Å²) in [5, 5.41) is 13.5. The summed E-state index contributed by atoms with van der Waals surface area (Å²) in [6, 6.07) is 1.89. The number of aromatic amines is 1. The Kier molecular flexibility index (Phi) is 4.67. The van der Waals surface area contributed by atoms with E-state index >= 15 is 0 Å². The largest absolute Gasteiger partial charge is 0.381 e. The molecule has 0 saturated heterocycles. The number of aromatic nitrogens is 4. The SMILES string of the molecule is CC(C)C(=O)N1CCn2nc(CNC(=O)c3[nH]nc(N)c3Cl)cc2C1. The zero-order valence-corrected chi connectivity index (χ0v) is 14.8. The first-order valence-electron chi connectivity index (χ1n) is 7.98. The normalized spacial score (nSPS) is 13.8. The molecule has 3 heterocycles. The monoisotopic (exact) mass is 365 g/mol. The number of carbonyl (C=O) groups is 2. The highest BCUT2D eigenvalue weighted by Crippen LogP contribution is 2.20. The van der Waals surface area contributed by atoms with E-state index in [0.717, 1.165) is 5.69 Å². The van der Waals surface area contributed by atoms with Gasteiger partial charge >= 0.3 is 0 Å². The Morgan fingerprint density at radius 3 is 2.84 bits per heavy atom. The van der Waals surface area contributed by atoms with Gasteiger partial charge in [-0.05, 0) is 6.07 Å². The molecule has 10 heteroatoms. The number of hydrogen-bond acceptors (Lipinski definition) is 5. The molecule has 0 fully saturated rings. The number of hydrogen-bond donors (Lipinski definition) is 3. The fourth-order valence-corrected chi connectivity index (χ4v) is 2.89. The Balaban J connectivity index is 1.63. The van der Waals surface area contributed by atoms with E-state index < -0.39 is 5.91 Å². The van der Waals surface area contributed by atoms with Gasteiger partial charge in [0.05, 0.1) is 31.0 Å². The minimum atomic E-state index is -0.406. The first kappa shape index (κ1) is 17.3. The lowest BCUT2D eigenvalue weighted by Gasteiger charge is -2.29. The first-order valence-corrected chi connectivity index (χ1v) is 8.36. The van der Waals surface area contributed by atoms with E-state index in [2.05, 4.69) is 20.6 Å². The van der Waals surface area contributed by atoms with Crippen molar-refractivity contribution in [2.24, 2.45) is 5.92 Å². The van der Waals surface area contributed by atoms with Crippen LogP contribution in [-0.2, 0) is 24.4 Å². The highest BCUT2D eigenvalue weighted by Gasteiger charge is 2.24. The predicted octanol–water partition coefficient (Wildman–Crippen LogP) is 0.770. The Hall–Kier alpha value is -2.55. The Bertz CT molecular complexity index is 811. The third-order valence-corrected chi connectivity index (χ3v) is 4.43. The third kappa shape index (κ3) is 3.46. The average molecular weight is 366 g/mol. The third-order valence-electron chi connectivity index (χ3n) is 4.04. The van der Waals surface area contributed by atoms with Gasteiger partial charge in [-0.2, -0.15) is 10.2 Å². The van der Waals surface area contributed by atoms with Gasteiger partial charge in [-0.15, -0.1) is 0 Å². The number of anilines is 1. The van der Waals surface area contributed by atoms with Crippen LogP contribution in [0.25, 0.3) is 0 Å². The van der Waals surface area contributed by atoms with Crippen LogP contribution >= 0.6 is 11.6 Å². The molecule has 0 radical (unpaired) electrons. The fraction of sp³-hybridized carbons (Fsp3) is 0.467. The maximum absolute atomic E-state index is 12.1. The van der Waals surface area contributed by atoms with Gasteiger partial charge < -0.3 is 16.0 Å². The molecule has 1 aliphatic rings. The first-order chi connectivity index (χ1) is 11.9. The van der Waals surface area contributed by atoms with Crippen molar-refractivity contribution in [2.75, 3.05) is 12.3 Å². The van der Waals surface area contributed by atoms with Crippen molar-refractivity contribution in [1.29, 1.82) is 0 Å². The molecule has 4 N–H and O–H groups in total.